The topological polar surface area (TPSA) is 42.4 Å². The van der Waals surface area contributed by atoms with Gasteiger partial charge in [0.15, 0.2) is 0 Å². The predicted octanol–water partition coefficient (Wildman–Crippen LogP) is 1.85. The third-order valence-electron chi connectivity index (χ3n) is 2.92. The number of hydrogen-bond acceptors (Lipinski definition) is 3. The molecule has 15 heavy (non-hydrogen) atoms. The summed E-state index contributed by atoms with van der Waals surface area (Å²) in [5.41, 5.74) is 5.48. The van der Waals surface area contributed by atoms with Gasteiger partial charge in [-0.1, -0.05) is 11.6 Å². The van der Waals surface area contributed by atoms with Crippen molar-refractivity contribution in [3.8, 4) is 0 Å². The van der Waals surface area contributed by atoms with Crippen molar-refractivity contribution in [3.63, 3.8) is 0 Å². The fourth-order valence-corrected chi connectivity index (χ4v) is 2.44. The number of furan rings is 1. The van der Waals surface area contributed by atoms with Crippen molar-refractivity contribution < 1.29 is 4.42 Å². The van der Waals surface area contributed by atoms with Gasteiger partial charge in [-0.05, 0) is 32.6 Å². The van der Waals surface area contributed by atoms with Gasteiger partial charge in [-0.15, -0.1) is 0 Å². The fraction of sp³-hybridized carbons (Fsp3) is 0.636. The average Bonchev–Trinajstić information content (AvgIpc) is 2.73. The van der Waals surface area contributed by atoms with Gasteiger partial charge in [0.05, 0.1) is 5.02 Å². The molecule has 84 valence electrons. The molecule has 0 spiro atoms. The Labute approximate surface area is 95.2 Å². The average molecular weight is 229 g/mol. The summed E-state index contributed by atoms with van der Waals surface area (Å²) in [4.78, 5) is 2.30. The molecule has 0 aliphatic carbocycles. The molecule has 3 nitrogen and oxygen atoms in total. The van der Waals surface area contributed by atoms with E-state index in [1.807, 2.05) is 6.07 Å². The lowest BCUT2D eigenvalue weighted by molar-refractivity contribution is 0.390. The highest BCUT2D eigenvalue weighted by atomic mass is 35.5. The molecule has 1 atom stereocenters. The smallest absolute Gasteiger partial charge is 0.127 e. The summed E-state index contributed by atoms with van der Waals surface area (Å²) in [6.45, 7) is 2.76. The quantitative estimate of drug-likeness (QED) is 0.859. The van der Waals surface area contributed by atoms with E-state index in [0.29, 0.717) is 12.5 Å². The zero-order valence-electron chi connectivity index (χ0n) is 9.00. The SMILES string of the molecule is CN1CCC(c2oc(CCN)cc2Cl)C1. The van der Waals surface area contributed by atoms with E-state index in [1.165, 1.54) is 0 Å². The van der Waals surface area contributed by atoms with Gasteiger partial charge in [-0.2, -0.15) is 0 Å². The minimum absolute atomic E-state index is 0.453. The van der Waals surface area contributed by atoms with Crippen LogP contribution in [0.25, 0.3) is 0 Å². The van der Waals surface area contributed by atoms with Gasteiger partial charge in [0.1, 0.15) is 11.5 Å². The van der Waals surface area contributed by atoms with E-state index >= 15 is 0 Å². The Bertz CT molecular complexity index is 337. The second-order valence-corrected chi connectivity index (χ2v) is 4.62. The molecule has 1 aromatic heterocycles. The molecule has 2 rings (SSSR count). The minimum Gasteiger partial charge on any atom is -0.464 e. The van der Waals surface area contributed by atoms with Crippen LogP contribution in [0.1, 0.15) is 23.9 Å². The summed E-state index contributed by atoms with van der Waals surface area (Å²) in [7, 11) is 2.12. The largest absolute Gasteiger partial charge is 0.464 e. The van der Waals surface area contributed by atoms with Gasteiger partial charge in [-0.25, -0.2) is 0 Å². The van der Waals surface area contributed by atoms with E-state index in [2.05, 4.69) is 11.9 Å². The van der Waals surface area contributed by atoms with Gasteiger partial charge < -0.3 is 15.1 Å². The van der Waals surface area contributed by atoms with Crippen molar-refractivity contribution in [2.45, 2.75) is 18.8 Å². The molecule has 1 aliphatic rings. The molecule has 2 heterocycles. The molecule has 1 fully saturated rings. The normalized spacial score (nSPS) is 22.5. The molecule has 0 radical (unpaired) electrons. The van der Waals surface area contributed by atoms with Crippen LogP contribution in [0.15, 0.2) is 10.5 Å². The lowest BCUT2D eigenvalue weighted by Crippen LogP contribution is -2.13. The fourth-order valence-electron chi connectivity index (χ4n) is 2.12. The van der Waals surface area contributed by atoms with Crippen molar-refractivity contribution in [1.29, 1.82) is 0 Å². The van der Waals surface area contributed by atoms with Gasteiger partial charge in [-0.3, -0.25) is 0 Å². The van der Waals surface area contributed by atoms with Crippen molar-refractivity contribution >= 4 is 11.6 Å². The number of hydrogen-bond donors (Lipinski definition) is 1. The van der Waals surface area contributed by atoms with Gasteiger partial charge >= 0.3 is 0 Å². The standard InChI is InChI=1S/C11H17ClN2O/c1-14-5-3-8(7-14)11-10(12)6-9(15-11)2-4-13/h6,8H,2-5,7,13H2,1H3. The predicted molar refractivity (Wildman–Crippen MR) is 61.3 cm³/mol. The first-order valence-electron chi connectivity index (χ1n) is 5.37. The summed E-state index contributed by atoms with van der Waals surface area (Å²) in [6.07, 6.45) is 1.90. The first kappa shape index (κ1) is 11.0. The molecular formula is C11H17ClN2O. The van der Waals surface area contributed by atoms with Crippen LogP contribution in [0.2, 0.25) is 5.02 Å². The van der Waals surface area contributed by atoms with Crippen molar-refractivity contribution in [1.82, 2.24) is 4.90 Å². The molecule has 1 aromatic rings. The molecule has 0 amide bonds. The second-order valence-electron chi connectivity index (χ2n) is 4.21. The van der Waals surface area contributed by atoms with E-state index in [9.17, 15) is 0 Å². The van der Waals surface area contributed by atoms with Crippen molar-refractivity contribution in [3.05, 3.63) is 22.6 Å². The molecule has 1 unspecified atom stereocenters. The Morgan fingerprint density at radius 1 is 1.67 bits per heavy atom. The summed E-state index contributed by atoms with van der Waals surface area (Å²) < 4.78 is 5.75. The second kappa shape index (κ2) is 4.56. The van der Waals surface area contributed by atoms with Crippen molar-refractivity contribution in [2.24, 2.45) is 5.73 Å². The van der Waals surface area contributed by atoms with Gasteiger partial charge in [0.25, 0.3) is 0 Å². The number of nitrogens with zero attached hydrogens (tertiary/aromatic N) is 1. The summed E-state index contributed by atoms with van der Waals surface area (Å²) >= 11 is 6.16. The number of likely N-dealkylation sites (tertiary alicyclic amines) is 1. The van der Waals surface area contributed by atoms with Crippen molar-refractivity contribution in [2.75, 3.05) is 26.7 Å². The molecule has 2 N–H and O–H groups in total. The maximum absolute atomic E-state index is 6.16. The zero-order chi connectivity index (χ0) is 10.8. The Morgan fingerprint density at radius 3 is 3.07 bits per heavy atom. The third-order valence-corrected chi connectivity index (χ3v) is 3.21. The number of likely N-dealkylation sites (N-methyl/N-ethyl adjacent to an activating group) is 1. The monoisotopic (exact) mass is 228 g/mol. The lowest BCUT2D eigenvalue weighted by Gasteiger charge is -2.07. The maximum Gasteiger partial charge on any atom is 0.127 e. The van der Waals surface area contributed by atoms with Gasteiger partial charge in [0, 0.05) is 18.9 Å². The molecule has 1 aliphatic heterocycles. The molecule has 0 aromatic carbocycles. The first-order valence-corrected chi connectivity index (χ1v) is 5.75. The third kappa shape index (κ3) is 2.36. The van der Waals surface area contributed by atoms with Crippen LogP contribution in [0.4, 0.5) is 0 Å². The highest BCUT2D eigenvalue weighted by Gasteiger charge is 2.26. The van der Waals surface area contributed by atoms with Crippen LogP contribution in [0.3, 0.4) is 0 Å². The van der Waals surface area contributed by atoms with E-state index in [1.54, 1.807) is 0 Å². The van der Waals surface area contributed by atoms with Crippen LogP contribution >= 0.6 is 11.6 Å². The molecule has 0 bridgehead atoms. The first-order chi connectivity index (χ1) is 7.20. The van der Waals surface area contributed by atoms with Crippen LogP contribution in [0.5, 0.6) is 0 Å². The number of rotatable bonds is 3. The number of halogens is 1. The zero-order valence-corrected chi connectivity index (χ0v) is 9.76. The maximum atomic E-state index is 6.16. The molecular weight excluding hydrogens is 212 g/mol. The van der Waals surface area contributed by atoms with E-state index in [-0.39, 0.29) is 0 Å². The Hall–Kier alpha value is -0.510. The Morgan fingerprint density at radius 2 is 2.47 bits per heavy atom. The van der Waals surface area contributed by atoms with E-state index < -0.39 is 0 Å². The lowest BCUT2D eigenvalue weighted by atomic mass is 10.1. The van der Waals surface area contributed by atoms with Crippen LogP contribution in [0, 0.1) is 0 Å². The Kier molecular flexibility index (Phi) is 3.34. The van der Waals surface area contributed by atoms with Gasteiger partial charge in [0.2, 0.25) is 0 Å². The molecule has 1 saturated heterocycles. The van der Waals surface area contributed by atoms with E-state index in [0.717, 1.165) is 42.5 Å². The molecule has 4 heteroatoms. The number of nitrogens with two attached hydrogens (primary N) is 1. The summed E-state index contributed by atoms with van der Waals surface area (Å²) in [5, 5.41) is 0.763. The highest BCUT2D eigenvalue weighted by Crippen LogP contribution is 2.33. The van der Waals surface area contributed by atoms with Crippen LogP contribution in [-0.4, -0.2) is 31.6 Å². The molecule has 0 saturated carbocycles. The minimum atomic E-state index is 0.453. The summed E-state index contributed by atoms with van der Waals surface area (Å²) in [6, 6.07) is 1.90. The van der Waals surface area contributed by atoms with Crippen LogP contribution < -0.4 is 5.73 Å². The summed E-state index contributed by atoms with van der Waals surface area (Å²) in [5.74, 6) is 2.31. The highest BCUT2D eigenvalue weighted by molar-refractivity contribution is 6.31. The Balaban J connectivity index is 2.13. The van der Waals surface area contributed by atoms with E-state index in [4.69, 9.17) is 21.8 Å². The van der Waals surface area contributed by atoms with Crippen LogP contribution in [-0.2, 0) is 6.42 Å².